The molecule has 0 radical (unpaired) electrons. The maximum absolute atomic E-state index is 13.5. The van der Waals surface area contributed by atoms with Crippen molar-refractivity contribution < 1.29 is 22.7 Å². The Balaban J connectivity index is 2.38. The molecule has 0 unspecified atom stereocenters. The fourth-order valence-corrected chi connectivity index (χ4v) is 1.37. The average molecular weight is 271 g/mol. The maximum Gasteiger partial charge on any atom is 0.375 e. The zero-order chi connectivity index (χ0) is 14.0. The summed E-state index contributed by atoms with van der Waals surface area (Å²) < 4.78 is 44.0. The number of carbonyl (C=O) groups is 1. The van der Waals surface area contributed by atoms with Crippen molar-refractivity contribution in [3.63, 3.8) is 0 Å². The van der Waals surface area contributed by atoms with Gasteiger partial charge in [-0.25, -0.2) is 22.9 Å². The SMILES string of the molecule is CCOC(=O)c1nc(-c2ccc(F)c(F)c2F)n[nH]1. The molecule has 5 nitrogen and oxygen atoms in total. The lowest BCUT2D eigenvalue weighted by molar-refractivity contribution is 0.0512. The number of halogens is 3. The summed E-state index contributed by atoms with van der Waals surface area (Å²) in [4.78, 5) is 15.0. The molecule has 0 bridgehead atoms. The molecule has 0 aliphatic rings. The third-order valence-corrected chi connectivity index (χ3v) is 2.23. The van der Waals surface area contributed by atoms with Crippen LogP contribution in [0, 0.1) is 17.5 Å². The van der Waals surface area contributed by atoms with E-state index in [1.165, 1.54) is 0 Å². The van der Waals surface area contributed by atoms with Gasteiger partial charge in [-0.1, -0.05) is 0 Å². The first kappa shape index (κ1) is 13.1. The molecule has 0 spiro atoms. The van der Waals surface area contributed by atoms with Gasteiger partial charge in [-0.3, -0.25) is 5.10 Å². The van der Waals surface area contributed by atoms with E-state index in [9.17, 15) is 18.0 Å². The number of nitrogens with one attached hydrogen (secondary N) is 1. The van der Waals surface area contributed by atoms with E-state index in [2.05, 4.69) is 19.9 Å². The normalized spacial score (nSPS) is 10.5. The quantitative estimate of drug-likeness (QED) is 0.685. The van der Waals surface area contributed by atoms with Crippen LogP contribution in [-0.4, -0.2) is 27.8 Å². The van der Waals surface area contributed by atoms with Crippen LogP contribution in [0.1, 0.15) is 17.5 Å². The van der Waals surface area contributed by atoms with Gasteiger partial charge in [0.15, 0.2) is 23.3 Å². The second-order valence-electron chi connectivity index (χ2n) is 3.45. The molecule has 0 saturated heterocycles. The number of rotatable bonds is 3. The van der Waals surface area contributed by atoms with Crippen molar-refractivity contribution in [2.45, 2.75) is 6.92 Å². The smallest absolute Gasteiger partial charge is 0.375 e. The molecule has 8 heteroatoms. The van der Waals surface area contributed by atoms with E-state index in [-0.39, 0.29) is 23.8 Å². The molecule has 1 N–H and O–H groups in total. The molecule has 0 atom stereocenters. The summed E-state index contributed by atoms with van der Waals surface area (Å²) in [5.74, 6) is -5.65. The molecule has 2 aromatic rings. The van der Waals surface area contributed by atoms with E-state index in [0.717, 1.165) is 12.1 Å². The Morgan fingerprint density at radius 2 is 2.05 bits per heavy atom. The lowest BCUT2D eigenvalue weighted by atomic mass is 10.2. The van der Waals surface area contributed by atoms with Gasteiger partial charge in [0.05, 0.1) is 12.2 Å². The highest BCUT2D eigenvalue weighted by Gasteiger charge is 2.20. The van der Waals surface area contributed by atoms with Gasteiger partial charge in [0.25, 0.3) is 0 Å². The molecule has 100 valence electrons. The lowest BCUT2D eigenvalue weighted by Gasteiger charge is -2.00. The first-order chi connectivity index (χ1) is 9.04. The number of aromatic amines is 1. The average Bonchev–Trinajstić information content (AvgIpc) is 2.86. The Labute approximate surface area is 105 Å². The highest BCUT2D eigenvalue weighted by molar-refractivity contribution is 5.85. The van der Waals surface area contributed by atoms with Crippen LogP contribution in [0.25, 0.3) is 11.4 Å². The summed E-state index contributed by atoms with van der Waals surface area (Å²) in [5, 5.41) is 5.79. The van der Waals surface area contributed by atoms with E-state index >= 15 is 0 Å². The van der Waals surface area contributed by atoms with Crippen LogP contribution in [0.15, 0.2) is 12.1 Å². The molecule has 1 aromatic carbocycles. The van der Waals surface area contributed by atoms with Crippen LogP contribution in [-0.2, 0) is 4.74 Å². The third-order valence-electron chi connectivity index (χ3n) is 2.23. The van der Waals surface area contributed by atoms with Crippen LogP contribution < -0.4 is 0 Å². The minimum atomic E-state index is -1.63. The molecular weight excluding hydrogens is 263 g/mol. The predicted molar refractivity (Wildman–Crippen MR) is 57.6 cm³/mol. The fourth-order valence-electron chi connectivity index (χ4n) is 1.37. The zero-order valence-corrected chi connectivity index (χ0v) is 9.71. The van der Waals surface area contributed by atoms with Crippen molar-refractivity contribution >= 4 is 5.97 Å². The molecule has 0 amide bonds. The van der Waals surface area contributed by atoms with Crippen molar-refractivity contribution in [1.82, 2.24) is 15.2 Å². The van der Waals surface area contributed by atoms with Crippen molar-refractivity contribution in [1.29, 1.82) is 0 Å². The van der Waals surface area contributed by atoms with E-state index in [4.69, 9.17) is 0 Å². The molecular formula is C11H8F3N3O2. The Kier molecular flexibility index (Phi) is 3.50. The second kappa shape index (κ2) is 5.09. The molecule has 19 heavy (non-hydrogen) atoms. The number of hydrogen-bond acceptors (Lipinski definition) is 4. The minimum absolute atomic E-state index is 0.133. The number of aromatic nitrogens is 3. The first-order valence-electron chi connectivity index (χ1n) is 5.28. The summed E-state index contributed by atoms with van der Waals surface area (Å²) in [6.45, 7) is 1.73. The lowest BCUT2D eigenvalue weighted by Crippen LogP contribution is -2.06. The molecule has 0 saturated carbocycles. The maximum atomic E-state index is 13.5. The van der Waals surface area contributed by atoms with Gasteiger partial charge < -0.3 is 4.74 Å². The largest absolute Gasteiger partial charge is 0.460 e. The molecule has 2 rings (SSSR count). The van der Waals surface area contributed by atoms with Gasteiger partial charge in [0.1, 0.15) is 0 Å². The number of esters is 1. The standard InChI is InChI=1S/C11H8F3N3O2/c1-2-19-11(18)10-15-9(16-17-10)5-3-4-6(12)8(14)7(5)13/h3-4H,2H2,1H3,(H,15,16,17). The van der Waals surface area contributed by atoms with Gasteiger partial charge in [0, 0.05) is 0 Å². The Morgan fingerprint density at radius 3 is 2.74 bits per heavy atom. The fraction of sp³-hybridized carbons (Fsp3) is 0.182. The summed E-state index contributed by atoms with van der Waals surface area (Å²) in [5.41, 5.74) is -0.356. The van der Waals surface area contributed by atoms with Crippen molar-refractivity contribution in [3.05, 3.63) is 35.4 Å². The van der Waals surface area contributed by atoms with Gasteiger partial charge in [-0.2, -0.15) is 5.10 Å². The third kappa shape index (κ3) is 2.42. The summed E-state index contributed by atoms with van der Waals surface area (Å²) in [6.07, 6.45) is 0. The molecule has 0 aliphatic heterocycles. The van der Waals surface area contributed by atoms with Gasteiger partial charge in [-0.05, 0) is 19.1 Å². The van der Waals surface area contributed by atoms with Gasteiger partial charge in [0.2, 0.25) is 5.82 Å². The summed E-state index contributed by atoms with van der Waals surface area (Å²) in [7, 11) is 0. The van der Waals surface area contributed by atoms with Crippen LogP contribution in [0.5, 0.6) is 0 Å². The number of ether oxygens (including phenoxy) is 1. The molecule has 0 aliphatic carbocycles. The first-order valence-corrected chi connectivity index (χ1v) is 5.28. The predicted octanol–water partition coefficient (Wildman–Crippen LogP) is 2.07. The van der Waals surface area contributed by atoms with Crippen LogP contribution in [0.2, 0.25) is 0 Å². The van der Waals surface area contributed by atoms with Crippen LogP contribution in [0.3, 0.4) is 0 Å². The zero-order valence-electron chi connectivity index (χ0n) is 9.71. The molecule has 1 aromatic heterocycles. The van der Waals surface area contributed by atoms with E-state index in [1.807, 2.05) is 0 Å². The highest BCUT2D eigenvalue weighted by atomic mass is 19.2. The van der Waals surface area contributed by atoms with Crippen LogP contribution >= 0.6 is 0 Å². The minimum Gasteiger partial charge on any atom is -0.460 e. The number of carbonyl (C=O) groups excluding carboxylic acids is 1. The number of hydrogen-bond donors (Lipinski definition) is 1. The van der Waals surface area contributed by atoms with Crippen molar-refractivity contribution in [2.24, 2.45) is 0 Å². The van der Waals surface area contributed by atoms with E-state index < -0.39 is 23.4 Å². The second-order valence-corrected chi connectivity index (χ2v) is 3.45. The summed E-state index contributed by atoms with van der Waals surface area (Å²) in [6, 6.07) is 1.72. The summed E-state index contributed by atoms with van der Waals surface area (Å²) >= 11 is 0. The Bertz CT molecular complexity index is 628. The van der Waals surface area contributed by atoms with E-state index in [0.29, 0.717) is 0 Å². The highest BCUT2D eigenvalue weighted by Crippen LogP contribution is 2.23. The van der Waals surface area contributed by atoms with Gasteiger partial charge >= 0.3 is 5.97 Å². The van der Waals surface area contributed by atoms with E-state index in [1.54, 1.807) is 6.92 Å². The molecule has 1 heterocycles. The Morgan fingerprint density at radius 1 is 1.32 bits per heavy atom. The van der Waals surface area contributed by atoms with Crippen molar-refractivity contribution in [2.75, 3.05) is 6.61 Å². The monoisotopic (exact) mass is 271 g/mol. The molecule has 0 fully saturated rings. The number of H-pyrrole nitrogens is 1. The number of benzene rings is 1. The van der Waals surface area contributed by atoms with Gasteiger partial charge in [-0.15, -0.1) is 0 Å². The van der Waals surface area contributed by atoms with Crippen LogP contribution in [0.4, 0.5) is 13.2 Å². The topological polar surface area (TPSA) is 67.9 Å². The van der Waals surface area contributed by atoms with Crippen molar-refractivity contribution in [3.8, 4) is 11.4 Å². The number of nitrogens with zero attached hydrogens (tertiary/aromatic N) is 2. The Hall–Kier alpha value is -2.38.